The minimum absolute atomic E-state index is 0.187. The van der Waals surface area contributed by atoms with Gasteiger partial charge in [-0.05, 0) is 41.8 Å². The molecule has 3 nitrogen and oxygen atoms in total. The first-order chi connectivity index (χ1) is 9.78. The van der Waals surface area contributed by atoms with Crippen LogP contribution in [0.3, 0.4) is 0 Å². The monoisotopic (exact) mass is 267 g/mol. The van der Waals surface area contributed by atoms with E-state index in [4.69, 9.17) is 4.74 Å². The maximum Gasteiger partial charge on any atom is 0.311 e. The van der Waals surface area contributed by atoms with Gasteiger partial charge in [-0.25, -0.2) is 0 Å². The van der Waals surface area contributed by atoms with Gasteiger partial charge in [0.1, 0.15) is 5.75 Å². The topological polar surface area (TPSA) is 39.2 Å². The number of carbonyl (C=O) groups excluding carboxylic acids is 1. The van der Waals surface area contributed by atoms with Gasteiger partial charge >= 0.3 is 5.97 Å². The van der Waals surface area contributed by atoms with Crippen molar-refractivity contribution in [3.8, 4) is 5.75 Å². The molecule has 3 heteroatoms. The Kier molecular flexibility index (Phi) is 5.07. The zero-order valence-corrected chi connectivity index (χ0v) is 11.5. The molecule has 0 unspecified atom stereocenters. The van der Waals surface area contributed by atoms with E-state index in [1.807, 2.05) is 43.3 Å². The summed E-state index contributed by atoms with van der Waals surface area (Å²) < 4.78 is 5.20. The third kappa shape index (κ3) is 4.35. The minimum atomic E-state index is -0.187. The number of nitrogens with zero attached hydrogens (tertiary/aromatic N) is 1. The number of carbonyl (C=O) groups is 1. The lowest BCUT2D eigenvalue weighted by molar-refractivity contribution is -0.134. The standard InChI is InChI=1S/C17H17NO2/c1-2-3-17(19)20-16-8-6-14(7-9-16)4-5-15-10-12-18-13-11-15/h4-13H,2-3H2,1H3/b5-4+. The van der Waals surface area contributed by atoms with Crippen LogP contribution in [0.15, 0.2) is 48.8 Å². The van der Waals surface area contributed by atoms with E-state index in [2.05, 4.69) is 4.98 Å². The lowest BCUT2D eigenvalue weighted by Crippen LogP contribution is -2.06. The van der Waals surface area contributed by atoms with Crippen molar-refractivity contribution in [3.63, 3.8) is 0 Å². The van der Waals surface area contributed by atoms with E-state index in [1.54, 1.807) is 24.5 Å². The van der Waals surface area contributed by atoms with Gasteiger partial charge in [0, 0.05) is 18.8 Å². The molecule has 0 radical (unpaired) electrons. The van der Waals surface area contributed by atoms with E-state index in [9.17, 15) is 4.79 Å². The average Bonchev–Trinajstić information content (AvgIpc) is 2.48. The maximum atomic E-state index is 11.4. The molecule has 1 aromatic heterocycles. The molecule has 0 atom stereocenters. The van der Waals surface area contributed by atoms with E-state index in [-0.39, 0.29) is 5.97 Å². The summed E-state index contributed by atoms with van der Waals surface area (Å²) in [7, 11) is 0. The Balaban J connectivity index is 1.98. The largest absolute Gasteiger partial charge is 0.427 e. The van der Waals surface area contributed by atoms with Crippen LogP contribution in [-0.4, -0.2) is 11.0 Å². The van der Waals surface area contributed by atoms with Gasteiger partial charge in [0.2, 0.25) is 0 Å². The van der Waals surface area contributed by atoms with Gasteiger partial charge in [-0.3, -0.25) is 9.78 Å². The number of hydrogen-bond acceptors (Lipinski definition) is 3. The van der Waals surface area contributed by atoms with Crippen LogP contribution in [-0.2, 0) is 4.79 Å². The molecule has 0 saturated carbocycles. The van der Waals surface area contributed by atoms with Crippen LogP contribution in [0.1, 0.15) is 30.9 Å². The maximum absolute atomic E-state index is 11.4. The predicted molar refractivity (Wildman–Crippen MR) is 80.2 cm³/mol. The van der Waals surface area contributed by atoms with Crippen molar-refractivity contribution in [1.82, 2.24) is 4.98 Å². The lowest BCUT2D eigenvalue weighted by Gasteiger charge is -2.03. The predicted octanol–water partition coefficient (Wildman–Crippen LogP) is 3.96. The highest BCUT2D eigenvalue weighted by Gasteiger charge is 2.02. The van der Waals surface area contributed by atoms with Gasteiger partial charge in [0.05, 0.1) is 0 Å². The Morgan fingerprint density at radius 1 is 1.05 bits per heavy atom. The van der Waals surface area contributed by atoms with Crippen molar-refractivity contribution in [2.75, 3.05) is 0 Å². The van der Waals surface area contributed by atoms with E-state index >= 15 is 0 Å². The average molecular weight is 267 g/mol. The van der Waals surface area contributed by atoms with Gasteiger partial charge in [0.15, 0.2) is 0 Å². The van der Waals surface area contributed by atoms with Crippen LogP contribution in [0, 0.1) is 0 Å². The van der Waals surface area contributed by atoms with Gasteiger partial charge in [-0.2, -0.15) is 0 Å². The summed E-state index contributed by atoms with van der Waals surface area (Å²) in [5.41, 5.74) is 2.15. The van der Waals surface area contributed by atoms with Crippen molar-refractivity contribution in [3.05, 3.63) is 59.9 Å². The summed E-state index contributed by atoms with van der Waals surface area (Å²) in [6.07, 6.45) is 8.79. The number of hydrogen-bond donors (Lipinski definition) is 0. The molecular weight excluding hydrogens is 250 g/mol. The number of aromatic nitrogens is 1. The van der Waals surface area contributed by atoms with Crippen molar-refractivity contribution < 1.29 is 9.53 Å². The molecule has 0 saturated heterocycles. The fourth-order valence-electron chi connectivity index (χ4n) is 1.70. The summed E-state index contributed by atoms with van der Waals surface area (Å²) in [4.78, 5) is 15.3. The van der Waals surface area contributed by atoms with E-state index in [0.29, 0.717) is 12.2 Å². The number of pyridine rings is 1. The molecule has 0 aliphatic heterocycles. The van der Waals surface area contributed by atoms with Crippen molar-refractivity contribution in [2.45, 2.75) is 19.8 Å². The Labute approximate surface area is 118 Å². The smallest absolute Gasteiger partial charge is 0.311 e. The molecule has 20 heavy (non-hydrogen) atoms. The second-order valence-electron chi connectivity index (χ2n) is 4.41. The first kappa shape index (κ1) is 14.0. The number of esters is 1. The van der Waals surface area contributed by atoms with Crippen LogP contribution < -0.4 is 4.74 Å². The summed E-state index contributed by atoms with van der Waals surface area (Å²) in [5.74, 6) is 0.400. The number of benzene rings is 1. The molecule has 2 aromatic rings. The SMILES string of the molecule is CCCC(=O)Oc1ccc(/C=C/c2ccncc2)cc1. The second-order valence-corrected chi connectivity index (χ2v) is 4.41. The molecule has 0 bridgehead atoms. The Morgan fingerprint density at radius 3 is 2.25 bits per heavy atom. The quantitative estimate of drug-likeness (QED) is 0.608. The van der Waals surface area contributed by atoms with Gasteiger partial charge in [-0.15, -0.1) is 0 Å². The van der Waals surface area contributed by atoms with Gasteiger partial charge < -0.3 is 4.74 Å². The molecule has 102 valence electrons. The molecule has 0 amide bonds. The Hall–Kier alpha value is -2.42. The first-order valence-electron chi connectivity index (χ1n) is 6.67. The highest BCUT2D eigenvalue weighted by atomic mass is 16.5. The molecule has 0 fully saturated rings. The number of rotatable bonds is 5. The third-order valence-electron chi connectivity index (χ3n) is 2.74. The van der Waals surface area contributed by atoms with Crippen molar-refractivity contribution >= 4 is 18.1 Å². The highest BCUT2D eigenvalue weighted by molar-refractivity contribution is 5.73. The van der Waals surface area contributed by atoms with Crippen LogP contribution in [0.25, 0.3) is 12.2 Å². The van der Waals surface area contributed by atoms with Crippen molar-refractivity contribution in [2.24, 2.45) is 0 Å². The van der Waals surface area contributed by atoms with Gasteiger partial charge in [0.25, 0.3) is 0 Å². The summed E-state index contributed by atoms with van der Waals surface area (Å²) >= 11 is 0. The number of ether oxygens (including phenoxy) is 1. The first-order valence-corrected chi connectivity index (χ1v) is 6.67. The molecule has 0 N–H and O–H groups in total. The van der Waals surface area contributed by atoms with Crippen LogP contribution >= 0.6 is 0 Å². The minimum Gasteiger partial charge on any atom is -0.427 e. The Morgan fingerprint density at radius 2 is 1.65 bits per heavy atom. The molecule has 1 aromatic carbocycles. The lowest BCUT2D eigenvalue weighted by atomic mass is 10.1. The van der Waals surface area contributed by atoms with Crippen LogP contribution in [0.4, 0.5) is 0 Å². The molecule has 1 heterocycles. The van der Waals surface area contributed by atoms with E-state index < -0.39 is 0 Å². The van der Waals surface area contributed by atoms with Gasteiger partial charge in [-0.1, -0.05) is 31.2 Å². The summed E-state index contributed by atoms with van der Waals surface area (Å²) in [6.45, 7) is 1.95. The molecular formula is C17H17NO2. The fourth-order valence-corrected chi connectivity index (χ4v) is 1.70. The fraction of sp³-hybridized carbons (Fsp3) is 0.176. The Bertz CT molecular complexity index is 574. The molecule has 0 aliphatic carbocycles. The zero-order chi connectivity index (χ0) is 14.2. The van der Waals surface area contributed by atoms with Crippen LogP contribution in [0.2, 0.25) is 0 Å². The van der Waals surface area contributed by atoms with E-state index in [1.165, 1.54) is 0 Å². The second kappa shape index (κ2) is 7.24. The van der Waals surface area contributed by atoms with Crippen LogP contribution in [0.5, 0.6) is 5.75 Å². The molecule has 0 aliphatic rings. The zero-order valence-electron chi connectivity index (χ0n) is 11.5. The summed E-state index contributed by atoms with van der Waals surface area (Å²) in [5, 5.41) is 0. The highest BCUT2D eigenvalue weighted by Crippen LogP contribution is 2.15. The summed E-state index contributed by atoms with van der Waals surface area (Å²) in [6, 6.07) is 11.3. The molecule has 0 spiro atoms. The normalized spacial score (nSPS) is 10.7. The molecule has 2 rings (SSSR count). The third-order valence-corrected chi connectivity index (χ3v) is 2.74. The van der Waals surface area contributed by atoms with Crippen molar-refractivity contribution in [1.29, 1.82) is 0 Å². The van der Waals surface area contributed by atoms with E-state index in [0.717, 1.165) is 17.5 Å².